The van der Waals surface area contributed by atoms with Crippen LogP contribution in [0.3, 0.4) is 0 Å². The van der Waals surface area contributed by atoms with Crippen molar-refractivity contribution in [2.24, 2.45) is 0 Å². The standard InChI is InChI=1S/C11H6NO2/c1-2-4-10-8(3-1)9(7-14-10)11-12-5-6-13-11/h1-6H. The summed E-state index contributed by atoms with van der Waals surface area (Å²) in [6, 6.07) is 7.70. The maximum absolute atomic E-state index is 5.25. The third kappa shape index (κ3) is 0.956. The van der Waals surface area contributed by atoms with E-state index in [0.717, 1.165) is 16.5 Å². The average molecular weight is 184 g/mol. The fourth-order valence-corrected chi connectivity index (χ4v) is 1.43. The highest BCUT2D eigenvalue weighted by Crippen LogP contribution is 2.28. The Labute approximate surface area is 80.0 Å². The van der Waals surface area contributed by atoms with Gasteiger partial charge in [0.05, 0.1) is 11.8 Å². The molecule has 14 heavy (non-hydrogen) atoms. The third-order valence-electron chi connectivity index (χ3n) is 2.07. The van der Waals surface area contributed by atoms with Crippen LogP contribution in [-0.4, -0.2) is 4.98 Å². The summed E-state index contributed by atoms with van der Waals surface area (Å²) in [5.41, 5.74) is 1.56. The molecule has 67 valence electrons. The van der Waals surface area contributed by atoms with E-state index >= 15 is 0 Å². The predicted octanol–water partition coefficient (Wildman–Crippen LogP) is 2.89. The molecule has 1 radical (unpaired) electrons. The minimum Gasteiger partial charge on any atom is -0.452 e. The molecule has 0 bridgehead atoms. The van der Waals surface area contributed by atoms with E-state index < -0.39 is 0 Å². The van der Waals surface area contributed by atoms with Gasteiger partial charge in [0.25, 0.3) is 0 Å². The van der Waals surface area contributed by atoms with Crippen molar-refractivity contribution >= 4 is 11.0 Å². The minimum atomic E-state index is 0.537. The highest BCUT2D eigenvalue weighted by molar-refractivity contribution is 5.91. The summed E-state index contributed by atoms with van der Waals surface area (Å²) in [6.07, 6.45) is 5.92. The molecule has 2 heterocycles. The summed E-state index contributed by atoms with van der Waals surface area (Å²) >= 11 is 0. The summed E-state index contributed by atoms with van der Waals surface area (Å²) < 4.78 is 10.4. The summed E-state index contributed by atoms with van der Waals surface area (Å²) in [5, 5.41) is 0.968. The molecule has 0 aliphatic rings. The first-order valence-corrected chi connectivity index (χ1v) is 4.24. The summed E-state index contributed by atoms with van der Waals surface area (Å²) in [4.78, 5) is 4.05. The number of rotatable bonds is 1. The van der Waals surface area contributed by atoms with Gasteiger partial charge < -0.3 is 8.83 Å². The van der Waals surface area contributed by atoms with Crippen LogP contribution in [0.25, 0.3) is 22.4 Å². The molecular weight excluding hydrogens is 178 g/mol. The van der Waals surface area contributed by atoms with Gasteiger partial charge in [-0.1, -0.05) is 18.2 Å². The van der Waals surface area contributed by atoms with Crippen LogP contribution in [0, 0.1) is 6.26 Å². The molecule has 3 rings (SSSR count). The number of aromatic nitrogens is 1. The molecule has 0 unspecified atom stereocenters. The van der Waals surface area contributed by atoms with Crippen molar-refractivity contribution in [1.82, 2.24) is 4.98 Å². The van der Waals surface area contributed by atoms with Crippen LogP contribution in [-0.2, 0) is 0 Å². The average Bonchev–Trinajstić information content (AvgIpc) is 2.85. The summed E-state index contributed by atoms with van der Waals surface area (Å²) in [7, 11) is 0. The minimum absolute atomic E-state index is 0.537. The molecule has 2 aromatic heterocycles. The molecule has 3 aromatic rings. The monoisotopic (exact) mass is 184 g/mol. The lowest BCUT2D eigenvalue weighted by molar-refractivity contribution is 0.567. The van der Waals surface area contributed by atoms with Crippen molar-refractivity contribution in [2.75, 3.05) is 0 Å². The number of benzene rings is 1. The Morgan fingerprint density at radius 1 is 1.21 bits per heavy atom. The smallest absolute Gasteiger partial charge is 0.230 e. The van der Waals surface area contributed by atoms with Gasteiger partial charge in [-0.25, -0.2) is 4.98 Å². The highest BCUT2D eigenvalue weighted by atomic mass is 16.3. The predicted molar refractivity (Wildman–Crippen MR) is 50.5 cm³/mol. The summed E-state index contributed by atoms with van der Waals surface area (Å²) in [6.45, 7) is 0. The van der Waals surface area contributed by atoms with Crippen molar-refractivity contribution in [2.45, 2.75) is 0 Å². The van der Waals surface area contributed by atoms with Gasteiger partial charge in [-0.2, -0.15) is 0 Å². The van der Waals surface area contributed by atoms with Crippen molar-refractivity contribution in [3.8, 4) is 11.5 Å². The second-order valence-corrected chi connectivity index (χ2v) is 2.91. The molecule has 0 aliphatic carbocycles. The quantitative estimate of drug-likeness (QED) is 0.583. The number of para-hydroxylation sites is 1. The van der Waals surface area contributed by atoms with Crippen LogP contribution in [0.1, 0.15) is 0 Å². The van der Waals surface area contributed by atoms with Crippen LogP contribution >= 0.6 is 0 Å². The second-order valence-electron chi connectivity index (χ2n) is 2.91. The largest absolute Gasteiger partial charge is 0.452 e. The van der Waals surface area contributed by atoms with Crippen LogP contribution in [0.2, 0.25) is 0 Å². The van der Waals surface area contributed by atoms with Crippen molar-refractivity contribution in [1.29, 1.82) is 0 Å². The maximum Gasteiger partial charge on any atom is 0.230 e. The van der Waals surface area contributed by atoms with Crippen molar-refractivity contribution < 1.29 is 8.83 Å². The Kier molecular flexibility index (Phi) is 1.44. The van der Waals surface area contributed by atoms with E-state index in [9.17, 15) is 0 Å². The highest BCUT2D eigenvalue weighted by Gasteiger charge is 2.11. The summed E-state index contributed by atoms with van der Waals surface area (Å²) in [5.74, 6) is 0.537. The number of oxazole rings is 1. The van der Waals surface area contributed by atoms with E-state index in [4.69, 9.17) is 8.83 Å². The normalized spacial score (nSPS) is 10.9. The van der Waals surface area contributed by atoms with Crippen molar-refractivity contribution in [3.05, 3.63) is 43.0 Å². The number of furan rings is 1. The van der Waals surface area contributed by atoms with E-state index in [2.05, 4.69) is 11.2 Å². The van der Waals surface area contributed by atoms with Crippen LogP contribution in [0.5, 0.6) is 0 Å². The molecule has 0 saturated carbocycles. The zero-order chi connectivity index (χ0) is 9.38. The molecule has 0 saturated heterocycles. The van der Waals surface area contributed by atoms with Crippen molar-refractivity contribution in [3.63, 3.8) is 0 Å². The molecule has 3 nitrogen and oxygen atoms in total. The number of hydrogen-bond donors (Lipinski definition) is 0. The Bertz CT molecular complexity index is 551. The SMILES string of the molecule is [c]1oc2ccccc2c1-c1ncco1. The lowest BCUT2D eigenvalue weighted by Crippen LogP contribution is -1.73. The molecule has 0 aliphatic heterocycles. The van der Waals surface area contributed by atoms with E-state index in [1.807, 2.05) is 24.3 Å². The molecule has 0 spiro atoms. The van der Waals surface area contributed by atoms with Gasteiger partial charge in [0.2, 0.25) is 5.89 Å². The maximum atomic E-state index is 5.25. The van der Waals surface area contributed by atoms with Crippen LogP contribution in [0.4, 0.5) is 0 Å². The van der Waals surface area contributed by atoms with E-state index in [-0.39, 0.29) is 0 Å². The Hall–Kier alpha value is -2.03. The first-order valence-electron chi connectivity index (χ1n) is 4.24. The van der Waals surface area contributed by atoms with Gasteiger partial charge in [0.1, 0.15) is 11.8 Å². The molecular formula is C11H6NO2. The fourth-order valence-electron chi connectivity index (χ4n) is 1.43. The van der Waals surface area contributed by atoms with Gasteiger partial charge in [-0.3, -0.25) is 0 Å². The molecule has 0 amide bonds. The van der Waals surface area contributed by atoms with E-state index in [1.54, 1.807) is 6.20 Å². The van der Waals surface area contributed by atoms with Crippen LogP contribution < -0.4 is 0 Å². The van der Waals surface area contributed by atoms with Gasteiger partial charge in [-0.05, 0) is 6.07 Å². The number of nitrogens with zero attached hydrogens (tertiary/aromatic N) is 1. The lowest BCUT2D eigenvalue weighted by atomic mass is 10.2. The first kappa shape index (κ1) is 7.38. The van der Waals surface area contributed by atoms with E-state index in [0.29, 0.717) is 5.89 Å². The molecule has 0 atom stereocenters. The van der Waals surface area contributed by atoms with Gasteiger partial charge >= 0.3 is 0 Å². The Morgan fingerprint density at radius 2 is 2.14 bits per heavy atom. The fraction of sp³-hybridized carbons (Fsp3) is 0. The number of fused-ring (bicyclic) bond motifs is 1. The lowest BCUT2D eigenvalue weighted by Gasteiger charge is -1.89. The first-order chi connectivity index (χ1) is 6.95. The second kappa shape index (κ2) is 2.73. The Morgan fingerprint density at radius 3 is 3.00 bits per heavy atom. The van der Waals surface area contributed by atoms with Gasteiger partial charge in [-0.15, -0.1) is 0 Å². The zero-order valence-corrected chi connectivity index (χ0v) is 7.23. The molecule has 0 N–H and O–H groups in total. The topological polar surface area (TPSA) is 39.2 Å². The van der Waals surface area contributed by atoms with E-state index in [1.165, 1.54) is 6.26 Å². The Balaban J connectivity index is 2.33. The third-order valence-corrected chi connectivity index (χ3v) is 2.07. The van der Waals surface area contributed by atoms with Gasteiger partial charge in [0.15, 0.2) is 6.26 Å². The molecule has 3 heteroatoms. The molecule has 0 fully saturated rings. The molecule has 1 aromatic carbocycles. The van der Waals surface area contributed by atoms with Gasteiger partial charge in [0, 0.05) is 5.39 Å². The zero-order valence-electron chi connectivity index (χ0n) is 7.23. The van der Waals surface area contributed by atoms with Crippen LogP contribution in [0.15, 0.2) is 45.6 Å². The number of hydrogen-bond acceptors (Lipinski definition) is 3.